The zero-order valence-corrected chi connectivity index (χ0v) is 16.8. The molecule has 0 spiro atoms. The molecule has 0 aromatic rings. The largest absolute Gasteiger partial charge is 0.289 e. The SMILES string of the molecule is CCCC1=C(CCC)C(CCC)=C(CCC)C1=O.[CH]1[CH][CH][CH][CH]1.[Co]. The van der Waals surface area contributed by atoms with E-state index in [1.807, 2.05) is 32.1 Å². The molecule has 2 rings (SSSR count). The molecule has 24 heavy (non-hydrogen) atoms. The Balaban J connectivity index is 0.000000751. The van der Waals surface area contributed by atoms with Crippen LogP contribution in [0.4, 0.5) is 0 Å². The van der Waals surface area contributed by atoms with Crippen LogP contribution >= 0.6 is 0 Å². The molecule has 2 aliphatic carbocycles. The van der Waals surface area contributed by atoms with Crippen LogP contribution in [0.3, 0.4) is 0 Å². The molecule has 1 nitrogen and oxygen atoms in total. The van der Waals surface area contributed by atoms with Gasteiger partial charge in [-0.15, -0.1) is 0 Å². The van der Waals surface area contributed by atoms with Gasteiger partial charge in [0, 0.05) is 27.9 Å². The number of carbonyl (C=O) groups is 1. The Morgan fingerprint density at radius 1 is 0.542 bits per heavy atom. The maximum atomic E-state index is 12.5. The van der Waals surface area contributed by atoms with Crippen molar-refractivity contribution in [3.8, 4) is 0 Å². The van der Waals surface area contributed by atoms with E-state index in [9.17, 15) is 4.79 Å². The Hall–Kier alpha value is -0.344. The van der Waals surface area contributed by atoms with E-state index in [-0.39, 0.29) is 16.8 Å². The summed E-state index contributed by atoms with van der Waals surface area (Å²) in [7, 11) is 0. The Bertz CT molecular complexity index is 386. The van der Waals surface area contributed by atoms with E-state index < -0.39 is 0 Å². The van der Waals surface area contributed by atoms with E-state index in [1.54, 1.807) is 0 Å². The third-order valence-corrected chi connectivity index (χ3v) is 4.20. The Kier molecular flexibility index (Phi) is 13.7. The summed E-state index contributed by atoms with van der Waals surface area (Å²) in [4.78, 5) is 12.5. The molecular weight excluding hydrogens is 339 g/mol. The summed E-state index contributed by atoms with van der Waals surface area (Å²) in [6.45, 7) is 8.76. The van der Waals surface area contributed by atoms with E-state index in [4.69, 9.17) is 0 Å². The zero-order chi connectivity index (χ0) is 17.1. The molecule has 0 aromatic heterocycles. The van der Waals surface area contributed by atoms with Gasteiger partial charge in [-0.25, -0.2) is 0 Å². The van der Waals surface area contributed by atoms with Crippen molar-refractivity contribution in [3.05, 3.63) is 54.4 Å². The maximum Gasteiger partial charge on any atom is 0.185 e. The van der Waals surface area contributed by atoms with E-state index in [0.29, 0.717) is 5.78 Å². The first-order valence-corrected chi connectivity index (χ1v) is 9.36. The average molecular weight is 372 g/mol. The summed E-state index contributed by atoms with van der Waals surface area (Å²) in [6, 6.07) is 0. The molecule has 1 fully saturated rings. The fourth-order valence-corrected chi connectivity index (χ4v) is 3.27. The van der Waals surface area contributed by atoms with E-state index in [2.05, 4.69) is 27.7 Å². The van der Waals surface area contributed by atoms with Crippen LogP contribution in [0.15, 0.2) is 22.3 Å². The van der Waals surface area contributed by atoms with Crippen LogP contribution in [0.25, 0.3) is 0 Å². The van der Waals surface area contributed by atoms with Gasteiger partial charge in [-0.05, 0) is 68.9 Å². The second kappa shape index (κ2) is 13.9. The quantitative estimate of drug-likeness (QED) is 0.483. The molecule has 0 amide bonds. The monoisotopic (exact) mass is 372 g/mol. The molecule has 1 saturated carbocycles. The maximum absolute atomic E-state index is 12.5. The second-order valence-corrected chi connectivity index (χ2v) is 6.21. The molecule has 2 aliphatic rings. The molecule has 0 unspecified atom stereocenters. The van der Waals surface area contributed by atoms with Crippen molar-refractivity contribution < 1.29 is 21.6 Å². The van der Waals surface area contributed by atoms with Gasteiger partial charge in [0.25, 0.3) is 0 Å². The fourth-order valence-electron chi connectivity index (χ4n) is 3.27. The minimum atomic E-state index is 0. The van der Waals surface area contributed by atoms with Crippen molar-refractivity contribution >= 4 is 5.78 Å². The first-order chi connectivity index (χ1) is 11.2. The zero-order valence-electron chi connectivity index (χ0n) is 15.8. The van der Waals surface area contributed by atoms with Crippen molar-refractivity contribution in [2.24, 2.45) is 0 Å². The van der Waals surface area contributed by atoms with Crippen molar-refractivity contribution in [2.45, 2.75) is 79.1 Å². The van der Waals surface area contributed by atoms with E-state index in [1.165, 1.54) is 11.1 Å². The van der Waals surface area contributed by atoms with Crippen molar-refractivity contribution in [1.29, 1.82) is 0 Å². The molecule has 0 bridgehead atoms. The number of ketones is 1. The summed E-state index contributed by atoms with van der Waals surface area (Å²) >= 11 is 0. The molecule has 6 radical (unpaired) electrons. The molecule has 2 heteroatoms. The van der Waals surface area contributed by atoms with Gasteiger partial charge in [0.15, 0.2) is 5.78 Å². The second-order valence-electron chi connectivity index (χ2n) is 6.21. The predicted molar refractivity (Wildman–Crippen MR) is 100 cm³/mol. The normalized spacial score (nSPS) is 17.1. The van der Waals surface area contributed by atoms with Crippen LogP contribution < -0.4 is 0 Å². The first kappa shape index (κ1) is 23.7. The first-order valence-electron chi connectivity index (χ1n) is 9.36. The smallest absolute Gasteiger partial charge is 0.185 e. The van der Waals surface area contributed by atoms with E-state index in [0.717, 1.165) is 62.5 Å². The molecule has 0 saturated heterocycles. The van der Waals surface area contributed by atoms with Gasteiger partial charge in [0.05, 0.1) is 0 Å². The molecule has 0 aromatic carbocycles. The molecule has 0 atom stereocenters. The molecule has 0 heterocycles. The summed E-state index contributed by atoms with van der Waals surface area (Å²) in [5.74, 6) is 0.380. The van der Waals surface area contributed by atoms with Crippen LogP contribution in [0.1, 0.15) is 79.1 Å². The number of rotatable bonds is 8. The Morgan fingerprint density at radius 3 is 1.04 bits per heavy atom. The van der Waals surface area contributed by atoms with Crippen molar-refractivity contribution in [3.63, 3.8) is 0 Å². The molecule has 136 valence electrons. The van der Waals surface area contributed by atoms with Crippen LogP contribution in [0.5, 0.6) is 0 Å². The standard InChI is InChI=1S/C17H28O.C5H5.Co/c1-5-9-13-14(10-6-2)16(12-8-4)17(18)15(13)11-7-3;1-2-4-5-3-1;/h5-12H2,1-4H3;1-5H;. The Morgan fingerprint density at radius 2 is 0.792 bits per heavy atom. The summed E-state index contributed by atoms with van der Waals surface area (Å²) in [5, 5.41) is 0. The third-order valence-electron chi connectivity index (χ3n) is 4.20. The summed E-state index contributed by atoms with van der Waals surface area (Å²) < 4.78 is 0. The van der Waals surface area contributed by atoms with Crippen molar-refractivity contribution in [2.75, 3.05) is 0 Å². The summed E-state index contributed by atoms with van der Waals surface area (Å²) in [5.41, 5.74) is 5.11. The van der Waals surface area contributed by atoms with E-state index >= 15 is 0 Å². The topological polar surface area (TPSA) is 17.1 Å². The van der Waals surface area contributed by atoms with Gasteiger partial charge in [-0.1, -0.05) is 53.4 Å². The van der Waals surface area contributed by atoms with Crippen LogP contribution in [-0.4, -0.2) is 5.78 Å². The van der Waals surface area contributed by atoms with Crippen molar-refractivity contribution in [1.82, 2.24) is 0 Å². The number of hydrogen-bond acceptors (Lipinski definition) is 1. The van der Waals surface area contributed by atoms with Gasteiger partial charge in [0.2, 0.25) is 0 Å². The molecule has 0 N–H and O–H groups in total. The number of carbonyl (C=O) groups excluding carboxylic acids is 1. The number of allylic oxidation sites excluding steroid dienone is 4. The number of hydrogen-bond donors (Lipinski definition) is 0. The van der Waals surface area contributed by atoms with Gasteiger partial charge in [-0.3, -0.25) is 4.79 Å². The van der Waals surface area contributed by atoms with Gasteiger partial charge in [0.1, 0.15) is 0 Å². The minimum absolute atomic E-state index is 0. The molecule has 0 aliphatic heterocycles. The van der Waals surface area contributed by atoms with Crippen LogP contribution in [0, 0.1) is 32.1 Å². The Labute approximate surface area is 160 Å². The predicted octanol–water partition coefficient (Wildman–Crippen LogP) is 6.38. The summed E-state index contributed by atoms with van der Waals surface area (Å²) in [6.07, 6.45) is 18.5. The molecular formula is C22H33CoO. The van der Waals surface area contributed by atoms with Gasteiger partial charge in [-0.2, -0.15) is 0 Å². The van der Waals surface area contributed by atoms with Crippen LogP contribution in [0.2, 0.25) is 0 Å². The van der Waals surface area contributed by atoms with Gasteiger partial charge >= 0.3 is 0 Å². The number of Topliss-reactive ketones (excluding diaryl/α,β-unsaturated/α-hetero) is 1. The minimum Gasteiger partial charge on any atom is -0.289 e. The third kappa shape index (κ3) is 6.88. The van der Waals surface area contributed by atoms with Gasteiger partial charge < -0.3 is 0 Å². The fraction of sp³-hybridized carbons (Fsp3) is 0.545. The average Bonchev–Trinajstić information content (AvgIpc) is 3.19. The van der Waals surface area contributed by atoms with Crippen LogP contribution in [-0.2, 0) is 21.6 Å².